The second-order valence-corrected chi connectivity index (χ2v) is 12.8. The molecule has 0 bridgehead atoms. The van der Waals surface area contributed by atoms with E-state index in [1.807, 2.05) is 30.3 Å². The van der Waals surface area contributed by atoms with Gasteiger partial charge in [0, 0.05) is 46.9 Å². The molecule has 0 spiro atoms. The molecule has 10 heteroatoms. The lowest BCUT2D eigenvalue weighted by Crippen LogP contribution is -2.45. The van der Waals surface area contributed by atoms with Crippen LogP contribution in [0.1, 0.15) is 52.7 Å². The number of benzene rings is 3. The molecule has 2 amide bonds. The van der Waals surface area contributed by atoms with Crippen molar-refractivity contribution in [1.82, 2.24) is 10.6 Å². The Bertz CT molecular complexity index is 1470. The summed E-state index contributed by atoms with van der Waals surface area (Å²) in [5.74, 6) is 0.0690. The van der Waals surface area contributed by atoms with Crippen LogP contribution in [0.4, 0.5) is 19.7 Å². The van der Waals surface area contributed by atoms with Crippen LogP contribution >= 0.6 is 11.6 Å². The quantitative estimate of drug-likeness (QED) is 0.229. The van der Waals surface area contributed by atoms with Crippen molar-refractivity contribution in [2.24, 2.45) is 0 Å². The number of fused-ring (bicyclic) bond motifs is 1. The van der Waals surface area contributed by atoms with E-state index in [1.165, 1.54) is 6.07 Å². The zero-order valence-electron chi connectivity index (χ0n) is 25.4. The Hall–Kier alpha value is -3.98. The Morgan fingerprint density at radius 1 is 0.860 bits per heavy atom. The predicted octanol–water partition coefficient (Wildman–Crippen LogP) is 7.44. The van der Waals surface area contributed by atoms with Crippen LogP contribution < -0.4 is 20.7 Å². The lowest BCUT2D eigenvalue weighted by molar-refractivity contribution is 0.0414. The van der Waals surface area contributed by atoms with E-state index in [1.54, 1.807) is 65.8 Å². The second kappa shape index (κ2) is 12.7. The summed E-state index contributed by atoms with van der Waals surface area (Å²) in [6.07, 6.45) is -0.792. The highest BCUT2D eigenvalue weighted by Crippen LogP contribution is 2.49. The van der Waals surface area contributed by atoms with E-state index in [0.717, 1.165) is 5.56 Å². The van der Waals surface area contributed by atoms with E-state index in [0.29, 0.717) is 40.6 Å². The second-order valence-electron chi connectivity index (χ2n) is 12.4. The van der Waals surface area contributed by atoms with Crippen LogP contribution in [-0.2, 0) is 21.5 Å². The summed E-state index contributed by atoms with van der Waals surface area (Å²) in [4.78, 5) is 24.7. The van der Waals surface area contributed by atoms with E-state index in [4.69, 9.17) is 25.8 Å². The normalized spacial score (nSPS) is 16.1. The number of rotatable bonds is 8. The molecule has 1 heterocycles. The summed E-state index contributed by atoms with van der Waals surface area (Å²) in [6.45, 7) is 11.4. The van der Waals surface area contributed by atoms with Crippen LogP contribution in [0.5, 0.6) is 5.75 Å². The molecule has 3 N–H and O–H groups in total. The van der Waals surface area contributed by atoms with Crippen molar-refractivity contribution < 1.29 is 28.2 Å². The molecule has 43 heavy (non-hydrogen) atoms. The predicted molar refractivity (Wildman–Crippen MR) is 166 cm³/mol. The molecule has 1 unspecified atom stereocenters. The zero-order chi connectivity index (χ0) is 31.4. The Balaban J connectivity index is 1.64. The molecule has 0 saturated heterocycles. The molecule has 230 valence electrons. The highest BCUT2D eigenvalue weighted by Gasteiger charge is 2.43. The summed E-state index contributed by atoms with van der Waals surface area (Å²) in [5.41, 5.74) is 0.565. The van der Waals surface area contributed by atoms with Gasteiger partial charge in [-0.25, -0.2) is 14.0 Å². The molecule has 1 aliphatic rings. The summed E-state index contributed by atoms with van der Waals surface area (Å²) in [7, 11) is 0. The molecule has 0 fully saturated rings. The molecule has 3 aromatic rings. The van der Waals surface area contributed by atoms with E-state index >= 15 is 4.39 Å². The van der Waals surface area contributed by atoms with Crippen LogP contribution in [0.15, 0.2) is 60.7 Å². The molecule has 0 saturated carbocycles. The topological polar surface area (TPSA) is 97.9 Å². The molecule has 4 rings (SSSR count). The number of nitrogens with one attached hydrogen (secondary N) is 3. The van der Waals surface area contributed by atoms with Gasteiger partial charge in [0.1, 0.15) is 22.8 Å². The SMILES string of the molecule is CC(C)(C)OC(=O)NCCNc1cccc(F)c1-c1c(Cl)ccc2c1CC(CNC(=O)OC(C)(C)C)(c1ccccc1)O2. The van der Waals surface area contributed by atoms with Gasteiger partial charge in [0.25, 0.3) is 0 Å². The van der Waals surface area contributed by atoms with Crippen molar-refractivity contribution in [3.63, 3.8) is 0 Å². The number of hydrogen-bond donors (Lipinski definition) is 3. The van der Waals surface area contributed by atoms with E-state index in [-0.39, 0.29) is 18.7 Å². The van der Waals surface area contributed by atoms with Crippen molar-refractivity contribution in [2.45, 2.75) is 64.8 Å². The lowest BCUT2D eigenvalue weighted by atomic mass is 9.86. The summed E-state index contributed by atoms with van der Waals surface area (Å²) >= 11 is 6.78. The monoisotopic (exact) mass is 611 g/mol. The first-order chi connectivity index (χ1) is 20.2. The third-order valence-corrected chi connectivity index (χ3v) is 6.89. The molecule has 1 atom stereocenters. The van der Waals surface area contributed by atoms with Gasteiger partial charge in [0.05, 0.1) is 6.54 Å². The van der Waals surface area contributed by atoms with Crippen LogP contribution in [0.2, 0.25) is 5.02 Å². The average Bonchev–Trinajstić information content (AvgIpc) is 3.29. The van der Waals surface area contributed by atoms with Crippen molar-refractivity contribution in [1.29, 1.82) is 0 Å². The minimum atomic E-state index is -0.990. The Morgan fingerprint density at radius 2 is 1.51 bits per heavy atom. The van der Waals surface area contributed by atoms with Gasteiger partial charge in [-0.2, -0.15) is 0 Å². The van der Waals surface area contributed by atoms with Gasteiger partial charge in [0.15, 0.2) is 5.60 Å². The Kier molecular flexibility index (Phi) is 9.44. The van der Waals surface area contributed by atoms with Gasteiger partial charge < -0.3 is 30.2 Å². The van der Waals surface area contributed by atoms with Crippen LogP contribution in [0, 0.1) is 5.82 Å². The molecular weight excluding hydrogens is 573 g/mol. The van der Waals surface area contributed by atoms with Crippen molar-refractivity contribution >= 4 is 29.5 Å². The first-order valence-corrected chi connectivity index (χ1v) is 14.6. The van der Waals surface area contributed by atoms with Crippen LogP contribution in [-0.4, -0.2) is 43.0 Å². The van der Waals surface area contributed by atoms with Gasteiger partial charge >= 0.3 is 12.2 Å². The highest BCUT2D eigenvalue weighted by molar-refractivity contribution is 6.33. The smallest absolute Gasteiger partial charge is 0.407 e. The molecule has 8 nitrogen and oxygen atoms in total. The molecular formula is C33H39ClFN3O5. The molecule has 0 aliphatic carbocycles. The number of anilines is 1. The van der Waals surface area contributed by atoms with Crippen molar-refractivity contribution in [3.05, 3.63) is 82.6 Å². The van der Waals surface area contributed by atoms with E-state index in [2.05, 4.69) is 16.0 Å². The number of carbonyl (C=O) groups excluding carboxylic acids is 2. The first kappa shape index (κ1) is 31.9. The number of carbonyl (C=O) groups is 2. The molecule has 3 aromatic carbocycles. The first-order valence-electron chi connectivity index (χ1n) is 14.2. The standard InChI is InChI=1S/C33H39ClFN3O5/c1-31(2,3)42-29(39)37-18-17-36-25-14-10-13-24(35)28(25)27-22-19-33(21-11-8-7-9-12-21,41-26(22)16-15-23(27)34)20-38-30(40)43-32(4,5)6/h7-16,36H,17-20H2,1-6H3,(H,37,39)(H,38,40). The van der Waals surface area contributed by atoms with Gasteiger partial charge in [-0.05, 0) is 71.4 Å². The highest BCUT2D eigenvalue weighted by atomic mass is 35.5. The third-order valence-electron chi connectivity index (χ3n) is 6.58. The number of alkyl carbamates (subject to hydrolysis) is 2. The van der Waals surface area contributed by atoms with Gasteiger partial charge in [-0.15, -0.1) is 0 Å². The maximum Gasteiger partial charge on any atom is 0.407 e. The zero-order valence-corrected chi connectivity index (χ0v) is 26.2. The number of halogens is 2. The minimum absolute atomic E-state index is 0.108. The Labute approximate surface area is 257 Å². The maximum atomic E-state index is 15.6. The van der Waals surface area contributed by atoms with Gasteiger partial charge in [0.2, 0.25) is 0 Å². The summed E-state index contributed by atoms with van der Waals surface area (Å²) in [5, 5.41) is 9.13. The molecule has 1 aliphatic heterocycles. The fourth-order valence-corrected chi connectivity index (χ4v) is 5.18. The largest absolute Gasteiger partial charge is 0.480 e. The number of hydrogen-bond acceptors (Lipinski definition) is 6. The fourth-order valence-electron chi connectivity index (χ4n) is 4.91. The van der Waals surface area contributed by atoms with E-state index < -0.39 is 34.8 Å². The third kappa shape index (κ3) is 8.10. The number of amides is 2. The number of ether oxygens (including phenoxy) is 3. The average molecular weight is 612 g/mol. The molecule has 0 radical (unpaired) electrons. The van der Waals surface area contributed by atoms with Crippen LogP contribution in [0.3, 0.4) is 0 Å². The van der Waals surface area contributed by atoms with Crippen molar-refractivity contribution in [3.8, 4) is 16.9 Å². The van der Waals surface area contributed by atoms with Gasteiger partial charge in [-0.1, -0.05) is 48.0 Å². The Morgan fingerprint density at radius 3 is 2.16 bits per heavy atom. The molecule has 0 aromatic heterocycles. The van der Waals surface area contributed by atoms with E-state index in [9.17, 15) is 9.59 Å². The summed E-state index contributed by atoms with van der Waals surface area (Å²) in [6, 6.07) is 17.7. The van der Waals surface area contributed by atoms with Crippen molar-refractivity contribution in [2.75, 3.05) is 25.0 Å². The summed E-state index contributed by atoms with van der Waals surface area (Å²) < 4.78 is 33.0. The van der Waals surface area contributed by atoms with Gasteiger partial charge in [-0.3, -0.25) is 0 Å². The lowest BCUT2D eigenvalue weighted by Gasteiger charge is -2.30. The maximum absolute atomic E-state index is 15.6. The van der Waals surface area contributed by atoms with Crippen LogP contribution in [0.25, 0.3) is 11.1 Å². The fraction of sp³-hybridized carbons (Fsp3) is 0.394. The minimum Gasteiger partial charge on any atom is -0.480 e.